The third-order valence-corrected chi connectivity index (χ3v) is 4.54. The molecular weight excluding hydrogens is 454 g/mol. The normalized spacial score (nSPS) is 12.1. The minimum Gasteiger partial charge on any atom is -0.444 e. The molecule has 2 aromatic heterocycles. The van der Waals surface area contributed by atoms with Gasteiger partial charge in [-0.3, -0.25) is 4.79 Å². The zero-order chi connectivity index (χ0) is 23.8. The molecule has 6 nitrogen and oxygen atoms in total. The van der Waals surface area contributed by atoms with Crippen molar-refractivity contribution >= 4 is 11.6 Å². The second kappa shape index (κ2) is 8.11. The number of rotatable bonds is 4. The quantitative estimate of drug-likeness (QED) is 0.385. The third kappa shape index (κ3) is 4.59. The van der Waals surface area contributed by atoms with Crippen molar-refractivity contribution in [1.29, 1.82) is 0 Å². The van der Waals surface area contributed by atoms with E-state index in [-0.39, 0.29) is 10.4 Å². The fourth-order valence-corrected chi connectivity index (χ4v) is 3.10. The summed E-state index contributed by atoms with van der Waals surface area (Å²) in [5.74, 6) is -0.769. The first-order valence-corrected chi connectivity index (χ1v) is 9.17. The van der Waals surface area contributed by atoms with Gasteiger partial charge in [0.05, 0.1) is 29.2 Å². The Morgan fingerprint density at radius 1 is 0.939 bits per heavy atom. The van der Waals surface area contributed by atoms with Crippen molar-refractivity contribution in [1.82, 2.24) is 14.8 Å². The Morgan fingerprint density at radius 2 is 1.70 bits per heavy atom. The monoisotopic (exact) mass is 466 g/mol. The molecule has 33 heavy (non-hydrogen) atoms. The summed E-state index contributed by atoms with van der Waals surface area (Å²) in [6, 6.07) is 9.31. The SMILES string of the molecule is O=C(Nc1cccc(-c2cnco2)c1)c1cnn(-c2cccc(C(F)(F)F)c2)c1C(F)(F)F. The van der Waals surface area contributed by atoms with Gasteiger partial charge in [0.2, 0.25) is 0 Å². The van der Waals surface area contributed by atoms with E-state index in [9.17, 15) is 31.1 Å². The molecule has 12 heteroatoms. The van der Waals surface area contributed by atoms with Crippen molar-refractivity contribution < 1.29 is 35.6 Å². The molecule has 2 aromatic carbocycles. The molecule has 0 aliphatic rings. The van der Waals surface area contributed by atoms with E-state index in [4.69, 9.17) is 4.42 Å². The van der Waals surface area contributed by atoms with Gasteiger partial charge >= 0.3 is 12.4 Å². The molecule has 0 aliphatic carbocycles. The fourth-order valence-electron chi connectivity index (χ4n) is 3.10. The molecule has 0 aliphatic heterocycles. The maximum Gasteiger partial charge on any atom is 0.434 e. The van der Waals surface area contributed by atoms with Gasteiger partial charge in [0.25, 0.3) is 5.91 Å². The Hall–Kier alpha value is -4.09. The number of oxazole rings is 1. The molecule has 0 saturated heterocycles. The van der Waals surface area contributed by atoms with E-state index in [1.807, 2.05) is 0 Å². The largest absolute Gasteiger partial charge is 0.444 e. The van der Waals surface area contributed by atoms with E-state index in [2.05, 4.69) is 15.4 Å². The van der Waals surface area contributed by atoms with E-state index >= 15 is 0 Å². The van der Waals surface area contributed by atoms with E-state index in [0.717, 1.165) is 18.2 Å². The first kappa shape index (κ1) is 22.1. The average Bonchev–Trinajstić information content (AvgIpc) is 3.43. The molecular formula is C21H12F6N4O2. The lowest BCUT2D eigenvalue weighted by atomic mass is 10.1. The standard InChI is InChI=1S/C21H12F6N4O2/c22-20(23,24)13-4-2-6-15(8-13)31-18(21(25,26)27)16(9-29-31)19(32)30-14-5-1-3-12(7-14)17-10-28-11-33-17/h1-11H,(H,30,32). The highest BCUT2D eigenvalue weighted by atomic mass is 19.4. The Morgan fingerprint density at radius 3 is 2.36 bits per heavy atom. The van der Waals surface area contributed by atoms with E-state index in [1.165, 1.54) is 24.7 Å². The molecule has 1 N–H and O–H groups in total. The maximum atomic E-state index is 13.8. The van der Waals surface area contributed by atoms with Crippen LogP contribution in [-0.2, 0) is 12.4 Å². The van der Waals surface area contributed by atoms with Crippen LogP contribution < -0.4 is 5.32 Å². The van der Waals surface area contributed by atoms with Crippen LogP contribution in [0, 0.1) is 0 Å². The second-order valence-corrected chi connectivity index (χ2v) is 6.77. The Kier molecular flexibility index (Phi) is 5.44. The highest BCUT2D eigenvalue weighted by Gasteiger charge is 2.41. The van der Waals surface area contributed by atoms with Gasteiger partial charge in [-0.2, -0.15) is 31.4 Å². The predicted octanol–water partition coefficient (Wildman–Crippen LogP) is 5.82. The zero-order valence-electron chi connectivity index (χ0n) is 16.3. The number of nitrogens with zero attached hydrogens (tertiary/aromatic N) is 3. The van der Waals surface area contributed by atoms with Crippen molar-refractivity contribution in [3.8, 4) is 17.0 Å². The highest BCUT2D eigenvalue weighted by molar-refractivity contribution is 6.05. The molecule has 0 fully saturated rings. The number of nitrogens with one attached hydrogen (secondary N) is 1. The smallest absolute Gasteiger partial charge is 0.434 e. The van der Waals surface area contributed by atoms with Crippen molar-refractivity contribution in [2.45, 2.75) is 12.4 Å². The lowest BCUT2D eigenvalue weighted by Gasteiger charge is -2.14. The summed E-state index contributed by atoms with van der Waals surface area (Å²) in [6.07, 6.45) is -6.59. The zero-order valence-corrected chi connectivity index (χ0v) is 16.3. The van der Waals surface area contributed by atoms with Gasteiger partial charge in [0, 0.05) is 11.3 Å². The van der Waals surface area contributed by atoms with E-state index in [0.29, 0.717) is 23.6 Å². The number of anilines is 1. The molecule has 1 amide bonds. The van der Waals surface area contributed by atoms with Gasteiger partial charge in [-0.1, -0.05) is 18.2 Å². The fraction of sp³-hybridized carbons (Fsp3) is 0.0952. The minimum absolute atomic E-state index is 0.161. The van der Waals surface area contributed by atoms with Crippen molar-refractivity contribution in [2.75, 3.05) is 5.32 Å². The summed E-state index contributed by atoms with van der Waals surface area (Å²) in [4.78, 5) is 16.4. The summed E-state index contributed by atoms with van der Waals surface area (Å²) in [7, 11) is 0. The molecule has 4 rings (SSSR count). The number of carbonyl (C=O) groups is 1. The van der Waals surface area contributed by atoms with Crippen LogP contribution in [-0.4, -0.2) is 20.7 Å². The Labute approximate surface area is 181 Å². The topological polar surface area (TPSA) is 73.0 Å². The van der Waals surface area contributed by atoms with Crippen LogP contribution in [0.3, 0.4) is 0 Å². The summed E-state index contributed by atoms with van der Waals surface area (Å²) in [6.45, 7) is 0. The van der Waals surface area contributed by atoms with Crippen LogP contribution in [0.4, 0.5) is 32.0 Å². The van der Waals surface area contributed by atoms with Crippen LogP contribution >= 0.6 is 0 Å². The van der Waals surface area contributed by atoms with Gasteiger partial charge < -0.3 is 9.73 Å². The van der Waals surface area contributed by atoms with Gasteiger partial charge in [-0.05, 0) is 30.3 Å². The van der Waals surface area contributed by atoms with Crippen LogP contribution in [0.2, 0.25) is 0 Å². The van der Waals surface area contributed by atoms with E-state index in [1.54, 1.807) is 12.1 Å². The van der Waals surface area contributed by atoms with E-state index < -0.39 is 40.8 Å². The molecule has 0 bridgehead atoms. The van der Waals surface area contributed by atoms with Crippen molar-refractivity contribution in [3.63, 3.8) is 0 Å². The van der Waals surface area contributed by atoms with Gasteiger partial charge in [0.15, 0.2) is 17.8 Å². The molecule has 4 aromatic rings. The second-order valence-electron chi connectivity index (χ2n) is 6.77. The summed E-state index contributed by atoms with van der Waals surface area (Å²) >= 11 is 0. The molecule has 0 atom stereocenters. The van der Waals surface area contributed by atoms with Gasteiger partial charge in [-0.25, -0.2) is 9.67 Å². The Bertz CT molecular complexity index is 1290. The maximum absolute atomic E-state index is 13.8. The minimum atomic E-state index is -5.08. The number of halogens is 6. The first-order chi connectivity index (χ1) is 15.5. The first-order valence-electron chi connectivity index (χ1n) is 9.17. The molecule has 170 valence electrons. The highest BCUT2D eigenvalue weighted by Crippen LogP contribution is 2.36. The third-order valence-electron chi connectivity index (χ3n) is 4.54. The van der Waals surface area contributed by atoms with Crippen LogP contribution in [0.1, 0.15) is 21.6 Å². The number of carbonyl (C=O) groups excluding carboxylic acids is 1. The summed E-state index contributed by atoms with van der Waals surface area (Å²) in [5.41, 5.74) is -3.34. The molecule has 0 spiro atoms. The molecule has 0 unspecified atom stereocenters. The Balaban J connectivity index is 1.70. The number of hydrogen-bond acceptors (Lipinski definition) is 4. The summed E-state index contributed by atoms with van der Waals surface area (Å²) < 4.78 is 85.9. The molecule has 0 saturated carbocycles. The predicted molar refractivity (Wildman–Crippen MR) is 103 cm³/mol. The summed E-state index contributed by atoms with van der Waals surface area (Å²) in [5, 5.41) is 5.88. The van der Waals surface area contributed by atoms with Crippen LogP contribution in [0.5, 0.6) is 0 Å². The van der Waals surface area contributed by atoms with Gasteiger partial charge in [-0.15, -0.1) is 0 Å². The van der Waals surface area contributed by atoms with Crippen molar-refractivity contribution in [2.24, 2.45) is 0 Å². The van der Waals surface area contributed by atoms with Crippen LogP contribution in [0.15, 0.2) is 71.7 Å². The number of aromatic nitrogens is 3. The average molecular weight is 466 g/mol. The number of alkyl halides is 6. The number of amides is 1. The lowest BCUT2D eigenvalue weighted by molar-refractivity contribution is -0.143. The lowest BCUT2D eigenvalue weighted by Crippen LogP contribution is -2.21. The number of hydrogen-bond donors (Lipinski definition) is 1. The van der Waals surface area contributed by atoms with Crippen molar-refractivity contribution in [3.05, 3.63) is 84.1 Å². The van der Waals surface area contributed by atoms with Gasteiger partial charge in [0.1, 0.15) is 0 Å². The van der Waals surface area contributed by atoms with Crippen LogP contribution in [0.25, 0.3) is 17.0 Å². The molecule has 2 heterocycles. The number of benzene rings is 2. The molecule has 0 radical (unpaired) electrons.